The monoisotopic (exact) mass is 303 g/mol. The first kappa shape index (κ1) is 14.6. The highest BCUT2D eigenvalue weighted by Crippen LogP contribution is 2.21. The molecule has 96 valence electrons. The van der Waals surface area contributed by atoms with Crippen LogP contribution in [0.1, 0.15) is 19.4 Å². The fraction of sp³-hybridized carbons (Fsp3) is 0.538. The Kier molecular flexibility index (Phi) is 5.56. The van der Waals surface area contributed by atoms with Crippen molar-refractivity contribution in [3.63, 3.8) is 0 Å². The minimum Gasteiger partial charge on any atom is -0.392 e. The molecule has 3 N–H and O–H groups in total. The summed E-state index contributed by atoms with van der Waals surface area (Å²) in [6.45, 7) is 4.50. The molecule has 0 aliphatic carbocycles. The van der Waals surface area contributed by atoms with Crippen LogP contribution < -0.4 is 5.73 Å². The third-order valence-electron chi connectivity index (χ3n) is 2.99. The van der Waals surface area contributed by atoms with Crippen LogP contribution in [0.3, 0.4) is 0 Å². The number of rotatable bonds is 5. The lowest BCUT2D eigenvalue weighted by Crippen LogP contribution is -2.33. The molecule has 2 unspecified atom stereocenters. The molecular weight excluding hydrogens is 285 g/mol. The number of aliphatic hydroxyl groups is 1. The molecule has 0 saturated heterocycles. The zero-order chi connectivity index (χ0) is 13.0. The lowest BCUT2D eigenvalue weighted by Gasteiger charge is -2.25. The van der Waals surface area contributed by atoms with E-state index in [0.29, 0.717) is 23.4 Å². The minimum atomic E-state index is -0.534. The predicted molar refractivity (Wildman–Crippen MR) is 71.2 cm³/mol. The number of aliphatic hydroxyl groups excluding tert-OH is 1. The van der Waals surface area contributed by atoms with Gasteiger partial charge in [0.05, 0.1) is 6.10 Å². The fourth-order valence-electron chi connectivity index (χ4n) is 2.00. The summed E-state index contributed by atoms with van der Waals surface area (Å²) in [4.78, 5) is 0. The van der Waals surface area contributed by atoms with Gasteiger partial charge in [-0.1, -0.05) is 29.8 Å². The Hall–Kier alpha value is -0.450. The van der Waals surface area contributed by atoms with Gasteiger partial charge in [-0.05, 0) is 48.6 Å². The molecule has 0 saturated carbocycles. The Labute approximate surface area is 110 Å². The van der Waals surface area contributed by atoms with Gasteiger partial charge >= 0.3 is 0 Å². The first-order chi connectivity index (χ1) is 7.93. The van der Waals surface area contributed by atoms with E-state index in [2.05, 4.69) is 15.9 Å². The van der Waals surface area contributed by atoms with E-state index in [4.69, 9.17) is 5.73 Å². The number of hydrogen-bond acceptors (Lipinski definition) is 2. The molecule has 2 atom stereocenters. The number of halogens is 2. The maximum Gasteiger partial charge on any atom is 0.124 e. The maximum atomic E-state index is 13.2. The molecule has 0 bridgehead atoms. The first-order valence-corrected chi connectivity index (χ1v) is 6.56. The van der Waals surface area contributed by atoms with Crippen LogP contribution in [0.25, 0.3) is 0 Å². The van der Waals surface area contributed by atoms with Gasteiger partial charge < -0.3 is 10.8 Å². The van der Waals surface area contributed by atoms with Crippen molar-refractivity contribution in [2.75, 3.05) is 6.54 Å². The van der Waals surface area contributed by atoms with E-state index in [1.807, 2.05) is 19.9 Å². The zero-order valence-electron chi connectivity index (χ0n) is 10.2. The average molecular weight is 304 g/mol. The molecule has 1 aromatic rings. The van der Waals surface area contributed by atoms with Gasteiger partial charge in [-0.25, -0.2) is 4.39 Å². The SMILES string of the molecule is CC(C)C(CN)C(O)Cc1cc(F)cc(Br)c1. The predicted octanol–water partition coefficient (Wildman–Crippen LogP) is 2.72. The van der Waals surface area contributed by atoms with Crippen LogP contribution in [0.15, 0.2) is 22.7 Å². The molecule has 0 spiro atoms. The third kappa shape index (κ3) is 4.37. The summed E-state index contributed by atoms with van der Waals surface area (Å²) in [5, 5.41) is 10.1. The minimum absolute atomic E-state index is 0.0389. The highest BCUT2D eigenvalue weighted by molar-refractivity contribution is 9.10. The molecule has 0 aromatic heterocycles. The Morgan fingerprint density at radius 1 is 1.35 bits per heavy atom. The van der Waals surface area contributed by atoms with Crippen molar-refractivity contribution in [2.24, 2.45) is 17.6 Å². The molecule has 0 radical (unpaired) electrons. The van der Waals surface area contributed by atoms with E-state index in [0.717, 1.165) is 5.56 Å². The van der Waals surface area contributed by atoms with Crippen molar-refractivity contribution in [1.29, 1.82) is 0 Å². The molecule has 0 heterocycles. The van der Waals surface area contributed by atoms with Gasteiger partial charge in [0.1, 0.15) is 5.82 Å². The van der Waals surface area contributed by atoms with Crippen LogP contribution >= 0.6 is 15.9 Å². The second-order valence-electron chi connectivity index (χ2n) is 4.69. The summed E-state index contributed by atoms with van der Waals surface area (Å²) in [6.07, 6.45) is -0.107. The number of hydrogen-bond donors (Lipinski definition) is 2. The molecule has 17 heavy (non-hydrogen) atoms. The summed E-state index contributed by atoms with van der Waals surface area (Å²) in [5.41, 5.74) is 6.43. The fourth-order valence-corrected chi connectivity index (χ4v) is 2.51. The molecule has 4 heteroatoms. The van der Waals surface area contributed by atoms with Crippen LogP contribution in [0.5, 0.6) is 0 Å². The van der Waals surface area contributed by atoms with Crippen molar-refractivity contribution in [2.45, 2.75) is 26.4 Å². The van der Waals surface area contributed by atoms with Gasteiger partial charge in [0.2, 0.25) is 0 Å². The smallest absolute Gasteiger partial charge is 0.124 e. The lowest BCUT2D eigenvalue weighted by molar-refractivity contribution is 0.0863. The topological polar surface area (TPSA) is 46.2 Å². The van der Waals surface area contributed by atoms with Crippen LogP contribution in [0, 0.1) is 17.7 Å². The second-order valence-corrected chi connectivity index (χ2v) is 5.61. The van der Waals surface area contributed by atoms with E-state index in [9.17, 15) is 9.50 Å². The Balaban J connectivity index is 2.76. The van der Waals surface area contributed by atoms with Crippen molar-refractivity contribution in [3.05, 3.63) is 34.1 Å². The summed E-state index contributed by atoms with van der Waals surface area (Å²) < 4.78 is 13.9. The lowest BCUT2D eigenvalue weighted by atomic mass is 9.87. The highest BCUT2D eigenvalue weighted by atomic mass is 79.9. The first-order valence-electron chi connectivity index (χ1n) is 5.77. The van der Waals surface area contributed by atoms with E-state index in [1.165, 1.54) is 12.1 Å². The third-order valence-corrected chi connectivity index (χ3v) is 3.45. The van der Waals surface area contributed by atoms with E-state index in [-0.39, 0.29) is 11.7 Å². The molecule has 2 nitrogen and oxygen atoms in total. The van der Waals surface area contributed by atoms with E-state index in [1.54, 1.807) is 0 Å². The number of benzene rings is 1. The molecular formula is C13H19BrFNO. The molecule has 0 fully saturated rings. The van der Waals surface area contributed by atoms with E-state index >= 15 is 0 Å². The quantitative estimate of drug-likeness (QED) is 0.878. The van der Waals surface area contributed by atoms with Gasteiger partial charge in [-0.2, -0.15) is 0 Å². The summed E-state index contributed by atoms with van der Waals surface area (Å²) >= 11 is 3.24. The van der Waals surface area contributed by atoms with Crippen molar-refractivity contribution in [3.8, 4) is 0 Å². The van der Waals surface area contributed by atoms with Crippen LogP contribution in [0.2, 0.25) is 0 Å². The Morgan fingerprint density at radius 3 is 2.47 bits per heavy atom. The van der Waals surface area contributed by atoms with Gasteiger partial charge in [0, 0.05) is 4.47 Å². The zero-order valence-corrected chi connectivity index (χ0v) is 11.7. The van der Waals surface area contributed by atoms with Gasteiger partial charge in [-0.3, -0.25) is 0 Å². The number of nitrogens with two attached hydrogens (primary N) is 1. The van der Waals surface area contributed by atoms with Gasteiger partial charge in [0.15, 0.2) is 0 Å². The Bertz CT molecular complexity index is 350. The summed E-state index contributed by atoms with van der Waals surface area (Å²) in [7, 11) is 0. The Morgan fingerprint density at radius 2 is 2.00 bits per heavy atom. The van der Waals surface area contributed by atoms with Crippen molar-refractivity contribution < 1.29 is 9.50 Å². The van der Waals surface area contributed by atoms with Crippen LogP contribution in [0.4, 0.5) is 4.39 Å². The molecule has 0 amide bonds. The molecule has 0 aliphatic rings. The molecule has 1 rings (SSSR count). The normalized spacial score (nSPS) is 15.0. The highest BCUT2D eigenvalue weighted by Gasteiger charge is 2.21. The molecule has 0 aliphatic heterocycles. The average Bonchev–Trinajstić information content (AvgIpc) is 2.15. The molecule has 1 aromatic carbocycles. The van der Waals surface area contributed by atoms with Crippen LogP contribution in [-0.2, 0) is 6.42 Å². The van der Waals surface area contributed by atoms with Crippen molar-refractivity contribution in [1.82, 2.24) is 0 Å². The summed E-state index contributed by atoms with van der Waals surface area (Å²) in [5.74, 6) is 0.0551. The second kappa shape index (κ2) is 6.47. The maximum absolute atomic E-state index is 13.2. The van der Waals surface area contributed by atoms with Crippen LogP contribution in [-0.4, -0.2) is 17.8 Å². The van der Waals surface area contributed by atoms with E-state index < -0.39 is 6.10 Å². The largest absolute Gasteiger partial charge is 0.392 e. The van der Waals surface area contributed by atoms with Gasteiger partial charge in [0.25, 0.3) is 0 Å². The van der Waals surface area contributed by atoms with Crippen molar-refractivity contribution >= 4 is 15.9 Å². The van der Waals surface area contributed by atoms with Gasteiger partial charge in [-0.15, -0.1) is 0 Å². The summed E-state index contributed by atoms with van der Waals surface area (Å²) in [6, 6.07) is 4.67. The standard InChI is InChI=1S/C13H19BrFNO/c1-8(2)12(7-16)13(17)5-9-3-10(14)6-11(15)4-9/h3-4,6,8,12-13,17H,5,7,16H2,1-2H3.